The highest BCUT2D eigenvalue weighted by molar-refractivity contribution is 6.04. The van der Waals surface area contributed by atoms with Crippen LogP contribution in [0.25, 0.3) is 0 Å². The van der Waals surface area contributed by atoms with Gasteiger partial charge in [-0.2, -0.15) is 0 Å². The topological polar surface area (TPSA) is 52.6 Å². The number of methoxy groups -OCH3 is 1. The fourth-order valence-electron chi connectivity index (χ4n) is 2.25. The number of Topliss-reactive ketones (excluding diaryl/α,β-unsaturated/α-hetero) is 1. The van der Waals surface area contributed by atoms with E-state index in [0.29, 0.717) is 11.5 Å². The van der Waals surface area contributed by atoms with Crippen molar-refractivity contribution in [3.63, 3.8) is 0 Å². The molecule has 2 rings (SSSR count). The van der Waals surface area contributed by atoms with Crippen molar-refractivity contribution in [2.45, 2.75) is 26.2 Å². The van der Waals surface area contributed by atoms with Crippen LogP contribution in [-0.4, -0.2) is 25.8 Å². The molecular weight excluding hydrogens is 304 g/mol. The molecule has 0 unspecified atom stereocenters. The van der Waals surface area contributed by atoms with E-state index in [1.54, 1.807) is 12.4 Å². The zero-order chi connectivity index (χ0) is 17.7. The Bertz CT molecular complexity index is 724. The highest BCUT2D eigenvalue weighted by atomic mass is 16.5. The number of carbonyl (C=O) groups is 1. The van der Waals surface area contributed by atoms with Gasteiger partial charge < -0.3 is 9.47 Å². The molecule has 0 fully saturated rings. The van der Waals surface area contributed by atoms with Crippen LogP contribution < -0.4 is 9.47 Å². The molecule has 0 heterocycles. The largest absolute Gasteiger partial charge is 0.497 e. The quantitative estimate of drug-likeness (QED) is 0.760. The summed E-state index contributed by atoms with van der Waals surface area (Å²) in [7, 11) is 1.50. The molecule has 0 spiro atoms. The fourth-order valence-corrected chi connectivity index (χ4v) is 2.25. The molecular formula is C20H21O4. The van der Waals surface area contributed by atoms with Crippen molar-refractivity contribution >= 4 is 12.1 Å². The minimum atomic E-state index is -0.299. The first-order chi connectivity index (χ1) is 11.3. The molecule has 0 saturated heterocycles. The Hall–Kier alpha value is -2.62. The lowest BCUT2D eigenvalue weighted by Gasteiger charge is -2.19. The molecule has 0 bridgehead atoms. The SMILES string of the molecule is COc1ccc([C]=O)c(C(=O)COc2ccc(C(C)(C)C)cc2)c1. The Labute approximate surface area is 142 Å². The molecule has 0 amide bonds. The van der Waals surface area contributed by atoms with Crippen molar-refractivity contribution in [1.82, 2.24) is 0 Å². The highest BCUT2D eigenvalue weighted by Crippen LogP contribution is 2.24. The predicted octanol–water partition coefficient (Wildman–Crippen LogP) is 3.71. The molecule has 0 N–H and O–H groups in total. The van der Waals surface area contributed by atoms with Crippen LogP contribution in [0.3, 0.4) is 0 Å². The molecule has 0 aliphatic carbocycles. The van der Waals surface area contributed by atoms with Gasteiger partial charge in [0.1, 0.15) is 11.5 Å². The molecule has 24 heavy (non-hydrogen) atoms. The third-order valence-corrected chi connectivity index (χ3v) is 3.73. The molecule has 0 aliphatic rings. The van der Waals surface area contributed by atoms with E-state index in [9.17, 15) is 9.59 Å². The van der Waals surface area contributed by atoms with Crippen molar-refractivity contribution in [2.24, 2.45) is 0 Å². The second-order valence-corrected chi connectivity index (χ2v) is 6.50. The predicted molar refractivity (Wildman–Crippen MR) is 92.8 cm³/mol. The normalized spacial score (nSPS) is 11.0. The zero-order valence-electron chi connectivity index (χ0n) is 14.4. The number of hydrogen-bond donors (Lipinski definition) is 0. The first kappa shape index (κ1) is 17.7. The van der Waals surface area contributed by atoms with Crippen LogP contribution in [0.5, 0.6) is 11.5 Å². The summed E-state index contributed by atoms with van der Waals surface area (Å²) in [6.45, 7) is 6.24. The maximum absolute atomic E-state index is 12.3. The number of rotatable bonds is 6. The van der Waals surface area contributed by atoms with Crippen LogP contribution in [0.1, 0.15) is 42.3 Å². The fraction of sp³-hybridized carbons (Fsp3) is 0.300. The van der Waals surface area contributed by atoms with Crippen molar-refractivity contribution < 1.29 is 19.1 Å². The molecule has 4 nitrogen and oxygen atoms in total. The van der Waals surface area contributed by atoms with Gasteiger partial charge in [-0.1, -0.05) is 32.9 Å². The smallest absolute Gasteiger partial charge is 0.234 e. The van der Waals surface area contributed by atoms with Gasteiger partial charge >= 0.3 is 0 Å². The average molecular weight is 325 g/mol. The maximum Gasteiger partial charge on any atom is 0.234 e. The highest BCUT2D eigenvalue weighted by Gasteiger charge is 2.15. The summed E-state index contributed by atoms with van der Waals surface area (Å²) in [5, 5.41) is 0. The molecule has 0 atom stereocenters. The second kappa shape index (κ2) is 7.30. The minimum Gasteiger partial charge on any atom is -0.497 e. The van der Waals surface area contributed by atoms with Gasteiger partial charge in [0.15, 0.2) is 6.61 Å². The van der Waals surface area contributed by atoms with Crippen LogP contribution in [0.2, 0.25) is 0 Å². The Morgan fingerprint density at radius 3 is 2.21 bits per heavy atom. The van der Waals surface area contributed by atoms with E-state index in [1.807, 2.05) is 24.3 Å². The Kier molecular flexibility index (Phi) is 5.39. The first-order valence-electron chi connectivity index (χ1n) is 7.68. The lowest BCUT2D eigenvalue weighted by atomic mass is 9.87. The van der Waals surface area contributed by atoms with E-state index < -0.39 is 0 Å². The van der Waals surface area contributed by atoms with E-state index >= 15 is 0 Å². The van der Waals surface area contributed by atoms with Gasteiger partial charge in [0, 0.05) is 11.1 Å². The summed E-state index contributed by atoms with van der Waals surface area (Å²) in [4.78, 5) is 23.3. The van der Waals surface area contributed by atoms with Crippen LogP contribution in [0, 0.1) is 0 Å². The van der Waals surface area contributed by atoms with Gasteiger partial charge in [0.25, 0.3) is 0 Å². The van der Waals surface area contributed by atoms with Gasteiger partial charge in [0.2, 0.25) is 12.1 Å². The second-order valence-electron chi connectivity index (χ2n) is 6.50. The van der Waals surface area contributed by atoms with E-state index in [4.69, 9.17) is 9.47 Å². The summed E-state index contributed by atoms with van der Waals surface area (Å²) in [6, 6.07) is 12.3. The van der Waals surface area contributed by atoms with Crippen molar-refractivity contribution in [3.8, 4) is 11.5 Å². The van der Waals surface area contributed by atoms with E-state index in [2.05, 4.69) is 20.8 Å². The number of benzene rings is 2. The van der Waals surface area contributed by atoms with Crippen LogP contribution in [0.4, 0.5) is 0 Å². The Balaban J connectivity index is 2.09. The monoisotopic (exact) mass is 325 g/mol. The van der Waals surface area contributed by atoms with Gasteiger partial charge in [-0.05, 0) is 41.3 Å². The summed E-state index contributed by atoms with van der Waals surface area (Å²) in [5.41, 5.74) is 1.69. The van der Waals surface area contributed by atoms with Gasteiger partial charge in [-0.15, -0.1) is 0 Å². The van der Waals surface area contributed by atoms with Crippen LogP contribution in [-0.2, 0) is 10.2 Å². The van der Waals surface area contributed by atoms with Crippen LogP contribution in [0.15, 0.2) is 42.5 Å². The van der Waals surface area contributed by atoms with E-state index in [0.717, 1.165) is 0 Å². The summed E-state index contributed by atoms with van der Waals surface area (Å²) < 4.78 is 10.6. The van der Waals surface area contributed by atoms with Gasteiger partial charge in [-0.25, -0.2) is 0 Å². The van der Waals surface area contributed by atoms with Crippen LogP contribution >= 0.6 is 0 Å². The van der Waals surface area contributed by atoms with Gasteiger partial charge in [0.05, 0.1) is 7.11 Å². The summed E-state index contributed by atoms with van der Waals surface area (Å²) in [6.07, 6.45) is 1.77. The van der Waals surface area contributed by atoms with Crippen molar-refractivity contribution in [1.29, 1.82) is 0 Å². The van der Waals surface area contributed by atoms with Crippen molar-refractivity contribution in [2.75, 3.05) is 13.7 Å². The molecule has 4 heteroatoms. The Morgan fingerprint density at radius 1 is 1.04 bits per heavy atom. The van der Waals surface area contributed by atoms with E-state index in [-0.39, 0.29) is 28.9 Å². The molecule has 0 saturated carbocycles. The van der Waals surface area contributed by atoms with Gasteiger partial charge in [-0.3, -0.25) is 9.59 Å². The maximum atomic E-state index is 12.3. The third-order valence-electron chi connectivity index (χ3n) is 3.73. The Morgan fingerprint density at radius 2 is 1.67 bits per heavy atom. The lowest BCUT2D eigenvalue weighted by molar-refractivity contribution is 0.0921. The minimum absolute atomic E-state index is 0.0592. The number of ketones is 1. The summed E-state index contributed by atoms with van der Waals surface area (Å²) >= 11 is 0. The molecule has 1 radical (unpaired) electrons. The number of carbonyl (C=O) groups excluding carboxylic acids is 2. The molecule has 0 aromatic heterocycles. The molecule has 2 aromatic rings. The zero-order valence-corrected chi connectivity index (χ0v) is 14.4. The molecule has 2 aromatic carbocycles. The summed E-state index contributed by atoms with van der Waals surface area (Å²) in [5.74, 6) is 0.815. The standard InChI is InChI=1S/C20H21O4/c1-20(2,3)15-6-9-16(10-7-15)24-13-19(22)18-11-17(23-4)8-5-14(18)12-21/h5-11H,13H2,1-4H3. The molecule has 125 valence electrons. The van der Waals surface area contributed by atoms with E-state index in [1.165, 1.54) is 24.8 Å². The third kappa shape index (κ3) is 4.22. The molecule has 0 aliphatic heterocycles. The number of ether oxygens (including phenoxy) is 2. The van der Waals surface area contributed by atoms with Crippen molar-refractivity contribution in [3.05, 3.63) is 59.2 Å². The number of hydrogen-bond acceptors (Lipinski definition) is 4. The average Bonchev–Trinajstić information content (AvgIpc) is 2.58. The lowest BCUT2D eigenvalue weighted by Crippen LogP contribution is -2.14. The first-order valence-corrected chi connectivity index (χ1v) is 7.68.